The summed E-state index contributed by atoms with van der Waals surface area (Å²) in [7, 11) is 1.84. The van der Waals surface area contributed by atoms with Crippen LogP contribution in [0.25, 0.3) is 0 Å². The average molecular weight is 165 g/mol. The van der Waals surface area contributed by atoms with Gasteiger partial charge in [-0.25, -0.2) is 4.98 Å². The fourth-order valence-corrected chi connectivity index (χ4v) is 1.01. The van der Waals surface area contributed by atoms with E-state index in [9.17, 15) is 0 Å². The molecule has 0 bridgehead atoms. The van der Waals surface area contributed by atoms with Crippen molar-refractivity contribution in [3.63, 3.8) is 0 Å². The molecule has 0 saturated heterocycles. The minimum absolute atomic E-state index is 0.639. The molecule has 0 saturated carbocycles. The molecule has 1 rings (SSSR count). The summed E-state index contributed by atoms with van der Waals surface area (Å²) in [5.74, 6) is 1.46. The number of aromatic nitrogens is 2. The van der Waals surface area contributed by atoms with Crippen molar-refractivity contribution in [1.82, 2.24) is 9.97 Å². The van der Waals surface area contributed by atoms with Crippen molar-refractivity contribution in [1.29, 1.82) is 0 Å². The molecule has 0 aliphatic heterocycles. The second-order valence-electron chi connectivity index (χ2n) is 3.24. The predicted molar refractivity (Wildman–Crippen MR) is 50.1 cm³/mol. The summed E-state index contributed by atoms with van der Waals surface area (Å²) < 4.78 is 0. The number of nitrogens with zero attached hydrogens (tertiary/aromatic N) is 2. The van der Waals surface area contributed by atoms with E-state index < -0.39 is 0 Å². The molecular weight excluding hydrogens is 150 g/mol. The van der Waals surface area contributed by atoms with Crippen LogP contribution in [-0.4, -0.2) is 17.0 Å². The summed E-state index contributed by atoms with van der Waals surface area (Å²) in [5, 5.41) is 2.93. The molecule has 12 heavy (non-hydrogen) atoms. The Morgan fingerprint density at radius 1 is 1.33 bits per heavy atom. The number of hydrogen-bond acceptors (Lipinski definition) is 3. The molecule has 0 atom stereocenters. The van der Waals surface area contributed by atoms with Crippen molar-refractivity contribution >= 4 is 5.82 Å². The van der Waals surface area contributed by atoms with Crippen LogP contribution in [0, 0.1) is 5.92 Å². The predicted octanol–water partition coefficient (Wildman–Crippen LogP) is 1.72. The third-order valence-corrected chi connectivity index (χ3v) is 1.58. The molecule has 1 aromatic rings. The lowest BCUT2D eigenvalue weighted by molar-refractivity contribution is 0.633. The van der Waals surface area contributed by atoms with Gasteiger partial charge in [0.25, 0.3) is 0 Å². The third-order valence-electron chi connectivity index (χ3n) is 1.58. The highest BCUT2D eigenvalue weighted by molar-refractivity contribution is 5.29. The van der Waals surface area contributed by atoms with Gasteiger partial charge < -0.3 is 5.32 Å². The molecule has 0 aromatic carbocycles. The minimum atomic E-state index is 0.639. The lowest BCUT2D eigenvalue weighted by Crippen LogP contribution is -2.00. The van der Waals surface area contributed by atoms with E-state index in [0.29, 0.717) is 5.92 Å². The smallest absolute Gasteiger partial charge is 0.144 e. The summed E-state index contributed by atoms with van der Waals surface area (Å²) in [4.78, 5) is 8.44. The molecule has 1 heterocycles. The van der Waals surface area contributed by atoms with Gasteiger partial charge in [0.15, 0.2) is 0 Å². The van der Waals surface area contributed by atoms with Gasteiger partial charge in [-0.3, -0.25) is 4.98 Å². The van der Waals surface area contributed by atoms with Crippen LogP contribution in [0.1, 0.15) is 19.5 Å². The van der Waals surface area contributed by atoms with Gasteiger partial charge in [0.1, 0.15) is 5.82 Å². The largest absolute Gasteiger partial charge is 0.372 e. The van der Waals surface area contributed by atoms with E-state index in [1.807, 2.05) is 13.2 Å². The van der Waals surface area contributed by atoms with Gasteiger partial charge in [0.05, 0.1) is 18.1 Å². The summed E-state index contributed by atoms with van der Waals surface area (Å²) in [6.07, 6.45) is 4.58. The van der Waals surface area contributed by atoms with E-state index >= 15 is 0 Å². The molecule has 3 nitrogen and oxygen atoms in total. The van der Waals surface area contributed by atoms with Gasteiger partial charge in [0.2, 0.25) is 0 Å². The second kappa shape index (κ2) is 4.04. The van der Waals surface area contributed by atoms with Crippen molar-refractivity contribution in [3.05, 3.63) is 18.1 Å². The maximum atomic E-state index is 4.26. The highest BCUT2D eigenvalue weighted by atomic mass is 15.0. The Bertz CT molecular complexity index is 228. The Morgan fingerprint density at radius 3 is 2.50 bits per heavy atom. The lowest BCUT2D eigenvalue weighted by Gasteiger charge is -2.03. The van der Waals surface area contributed by atoms with Crippen LogP contribution in [0.4, 0.5) is 5.82 Å². The van der Waals surface area contributed by atoms with Gasteiger partial charge in [-0.15, -0.1) is 0 Å². The van der Waals surface area contributed by atoms with Crippen LogP contribution in [0.5, 0.6) is 0 Å². The van der Waals surface area contributed by atoms with Crippen LogP contribution in [0.15, 0.2) is 12.4 Å². The molecule has 0 spiro atoms. The van der Waals surface area contributed by atoms with Crippen LogP contribution in [-0.2, 0) is 6.42 Å². The normalized spacial score (nSPS) is 10.3. The molecule has 1 N–H and O–H groups in total. The fourth-order valence-electron chi connectivity index (χ4n) is 1.01. The Morgan fingerprint density at radius 2 is 2.08 bits per heavy atom. The van der Waals surface area contributed by atoms with E-state index in [1.54, 1.807) is 6.20 Å². The van der Waals surface area contributed by atoms with Crippen LogP contribution in [0.2, 0.25) is 0 Å². The molecule has 3 heteroatoms. The zero-order valence-corrected chi connectivity index (χ0v) is 7.83. The molecular formula is C9H15N3. The highest BCUT2D eigenvalue weighted by Gasteiger charge is 1.98. The number of anilines is 1. The van der Waals surface area contributed by atoms with Crippen molar-refractivity contribution in [2.24, 2.45) is 5.92 Å². The van der Waals surface area contributed by atoms with E-state index in [-0.39, 0.29) is 0 Å². The van der Waals surface area contributed by atoms with Crippen molar-refractivity contribution in [2.45, 2.75) is 20.3 Å². The van der Waals surface area contributed by atoms with Gasteiger partial charge in [-0.2, -0.15) is 0 Å². The minimum Gasteiger partial charge on any atom is -0.372 e. The Labute approximate surface area is 73.2 Å². The average Bonchev–Trinajstić information content (AvgIpc) is 2.05. The van der Waals surface area contributed by atoms with Crippen LogP contribution < -0.4 is 5.32 Å². The number of nitrogens with one attached hydrogen (secondary N) is 1. The topological polar surface area (TPSA) is 37.8 Å². The molecule has 0 aliphatic carbocycles. The molecule has 0 aliphatic rings. The summed E-state index contributed by atoms with van der Waals surface area (Å²) in [5.41, 5.74) is 1.06. The molecule has 0 amide bonds. The fraction of sp³-hybridized carbons (Fsp3) is 0.556. The maximum Gasteiger partial charge on any atom is 0.144 e. The van der Waals surface area contributed by atoms with Crippen molar-refractivity contribution in [2.75, 3.05) is 12.4 Å². The van der Waals surface area contributed by atoms with E-state index in [1.165, 1.54) is 0 Å². The van der Waals surface area contributed by atoms with Gasteiger partial charge in [-0.1, -0.05) is 13.8 Å². The first-order valence-corrected chi connectivity index (χ1v) is 4.21. The molecule has 66 valence electrons. The SMILES string of the molecule is CNc1cnc(CC(C)C)cn1. The maximum absolute atomic E-state index is 4.26. The summed E-state index contributed by atoms with van der Waals surface area (Å²) in [6, 6.07) is 0. The third kappa shape index (κ3) is 2.49. The molecule has 0 unspecified atom stereocenters. The first kappa shape index (κ1) is 8.97. The van der Waals surface area contributed by atoms with Crippen molar-refractivity contribution in [3.8, 4) is 0 Å². The Balaban J connectivity index is 2.65. The van der Waals surface area contributed by atoms with Gasteiger partial charge in [-0.05, 0) is 12.3 Å². The zero-order chi connectivity index (χ0) is 8.97. The first-order valence-electron chi connectivity index (χ1n) is 4.21. The van der Waals surface area contributed by atoms with E-state index in [2.05, 4.69) is 29.1 Å². The standard InChI is InChI=1S/C9H15N3/c1-7(2)4-8-5-12-9(10-3)6-11-8/h5-7H,4H2,1-3H3,(H,10,12). The Kier molecular flexibility index (Phi) is 3.02. The molecule has 1 aromatic heterocycles. The van der Waals surface area contributed by atoms with Crippen LogP contribution in [0.3, 0.4) is 0 Å². The van der Waals surface area contributed by atoms with Gasteiger partial charge in [0, 0.05) is 7.05 Å². The molecule has 0 fully saturated rings. The van der Waals surface area contributed by atoms with E-state index in [0.717, 1.165) is 17.9 Å². The first-order chi connectivity index (χ1) is 5.72. The van der Waals surface area contributed by atoms with Crippen molar-refractivity contribution < 1.29 is 0 Å². The second-order valence-corrected chi connectivity index (χ2v) is 3.24. The quantitative estimate of drug-likeness (QED) is 0.741. The van der Waals surface area contributed by atoms with Crippen LogP contribution >= 0.6 is 0 Å². The number of rotatable bonds is 3. The highest BCUT2D eigenvalue weighted by Crippen LogP contribution is 2.05. The van der Waals surface area contributed by atoms with Gasteiger partial charge >= 0.3 is 0 Å². The monoisotopic (exact) mass is 165 g/mol. The summed E-state index contributed by atoms with van der Waals surface area (Å²) in [6.45, 7) is 4.35. The molecule has 0 radical (unpaired) electrons. The summed E-state index contributed by atoms with van der Waals surface area (Å²) >= 11 is 0. The number of hydrogen-bond donors (Lipinski definition) is 1. The van der Waals surface area contributed by atoms with E-state index in [4.69, 9.17) is 0 Å². The zero-order valence-electron chi connectivity index (χ0n) is 7.83. The lowest BCUT2D eigenvalue weighted by atomic mass is 10.1. The Hall–Kier alpha value is -1.12.